The number of nitrogens with two attached hydrogens (primary N) is 2. The molecular weight excluding hydrogens is 1870 g/mol. The first-order valence-corrected chi connectivity index (χ1v) is 45.6. The number of hydrogen-bond donors (Lipinski definition) is 18. The Morgan fingerprint density at radius 2 is 1.21 bits per heavy atom. The number of fused-ring (bicyclic) bond motifs is 1. The number of carbonyl (C=O) groups is 15. The summed E-state index contributed by atoms with van der Waals surface area (Å²) in [5.74, 6) is -15.5. The predicted octanol–water partition coefficient (Wildman–Crippen LogP) is 3.17. The number of benzene rings is 3. The van der Waals surface area contributed by atoms with E-state index in [1.165, 1.54) is 97.0 Å². The number of aliphatic carboxylic acids is 4. The fourth-order valence-corrected chi connectivity index (χ4v) is 16.1. The van der Waals surface area contributed by atoms with Gasteiger partial charge in [-0.1, -0.05) is 76.4 Å². The average Bonchev–Trinajstić information content (AvgIpc) is 1.68. The first-order chi connectivity index (χ1) is 66.4. The van der Waals surface area contributed by atoms with Crippen molar-refractivity contribution in [2.24, 2.45) is 10.9 Å². The van der Waals surface area contributed by atoms with Gasteiger partial charge in [-0.25, -0.2) is 29.1 Å². The summed E-state index contributed by atoms with van der Waals surface area (Å²) in [6.45, 7) is 17.1. The number of oxime groups is 1. The molecule has 11 amide bonds. The lowest BCUT2D eigenvalue weighted by Gasteiger charge is -2.33. The van der Waals surface area contributed by atoms with E-state index in [1.54, 1.807) is 19.1 Å². The Morgan fingerprint density at radius 1 is 0.655 bits per heavy atom. The largest absolute Gasteiger partial charge is 0.493 e. The van der Waals surface area contributed by atoms with Crippen LogP contribution in [0.2, 0.25) is 0 Å². The zero-order valence-corrected chi connectivity index (χ0v) is 77.9. The number of H-pyrrole nitrogens is 1. The third-order valence-corrected chi connectivity index (χ3v) is 23.1. The summed E-state index contributed by atoms with van der Waals surface area (Å²) < 4.78 is 45.8. The minimum Gasteiger partial charge on any atom is -0.493 e. The van der Waals surface area contributed by atoms with Crippen molar-refractivity contribution in [1.82, 2.24) is 71.9 Å². The highest BCUT2D eigenvalue weighted by Gasteiger charge is 2.46. The standard InChI is InChI=1S/C87H111N21O29S2/c1-9-24-135-85(126)102-57-36-66(64(130-7)34-54(57)80(123)108-44-47(4)32-62(108)81-106(23-28-134-81)87(128)137-25-10-2)133-27-13-11-12-26-132-65-35-56(53(33-63(65)129-6)79(122)107-43-46(3)31-52(107)42-94-131-8)103-86(127)136-29-30-138-139-45-61(82(124)125)101-77(120)60(39-70(114)115)100-76(119)59(38-69(112)113)99-74(117)55(15-14-22-91-83(88)89)98-75(118)58(37-68(110)111)97-67(109)21-16-48(5)95-73(116)49-17-19-50(20-18-49)92-40-51-41-93-72-71(96-51)78(121)105-84(90)104-72/h9-10,17-20,33-36,41-42,48,52,55,58-62,81,92H,1-4,11-16,21-32,37-40,43-45H2,5-8H3,(H,95,116)(H,97,109)(H,98,118)(H,99,117)(H,100,119)(H,101,120)(H,102,126)(H,103,127)(H,110,111)(H,112,113)(H,114,115)(H,124,125)(H4,88,89,91)(H3,90,93,104,105,121)/b94-42+/t48-,52+,55+,58+,59+,60+,61+,62+,81?/m1/s1. The Kier molecular flexibility index (Phi) is 42.5. The van der Waals surface area contributed by atoms with Gasteiger partial charge in [0.2, 0.25) is 35.5 Å². The molecule has 9 atom stereocenters. The van der Waals surface area contributed by atoms with Crippen molar-refractivity contribution in [3.05, 3.63) is 137 Å². The van der Waals surface area contributed by atoms with E-state index in [-0.39, 0.29) is 166 Å². The minimum atomic E-state index is -2.19. The van der Waals surface area contributed by atoms with Gasteiger partial charge >= 0.3 is 42.2 Å². The molecule has 20 N–H and O–H groups in total. The maximum Gasteiger partial charge on any atom is 0.412 e. The van der Waals surface area contributed by atoms with Crippen molar-refractivity contribution in [3.63, 3.8) is 0 Å². The molecule has 0 saturated carbocycles. The van der Waals surface area contributed by atoms with Gasteiger partial charge < -0.3 is 127 Å². The number of methoxy groups -OCH3 is 2. The van der Waals surface area contributed by atoms with Crippen LogP contribution in [0.3, 0.4) is 0 Å². The quantitative estimate of drug-likeness (QED) is 0.00505. The molecule has 750 valence electrons. The van der Waals surface area contributed by atoms with Gasteiger partial charge in [-0.3, -0.25) is 83.5 Å². The average molecular weight is 1980 g/mol. The molecule has 0 radical (unpaired) electrons. The molecule has 8 rings (SSSR count). The number of nitrogens with one attached hydrogen (secondary N) is 12. The summed E-state index contributed by atoms with van der Waals surface area (Å²) in [6.07, 6.45) is -0.514. The highest BCUT2D eigenvalue weighted by Crippen LogP contribution is 2.40. The zero-order valence-electron chi connectivity index (χ0n) is 76.2. The summed E-state index contributed by atoms with van der Waals surface area (Å²) >= 11 is 0. The second-order valence-corrected chi connectivity index (χ2v) is 33.8. The number of rotatable bonds is 55. The predicted molar refractivity (Wildman–Crippen MR) is 502 cm³/mol. The molecule has 0 bridgehead atoms. The van der Waals surface area contributed by atoms with Gasteiger partial charge in [-0.2, -0.15) is 4.98 Å². The van der Waals surface area contributed by atoms with Crippen LogP contribution in [-0.2, 0) is 73.5 Å². The van der Waals surface area contributed by atoms with Crippen LogP contribution in [0.15, 0.2) is 114 Å². The lowest BCUT2D eigenvalue weighted by Crippen LogP contribution is -2.59. The number of likely N-dealkylation sites (tertiary alicyclic amines) is 2. The van der Waals surface area contributed by atoms with Crippen molar-refractivity contribution < 1.29 is 135 Å². The van der Waals surface area contributed by atoms with Crippen LogP contribution in [0.1, 0.15) is 121 Å². The molecule has 5 heterocycles. The Morgan fingerprint density at radius 3 is 1.78 bits per heavy atom. The maximum absolute atomic E-state index is 14.7. The van der Waals surface area contributed by atoms with Gasteiger partial charge in [0.25, 0.3) is 23.3 Å². The van der Waals surface area contributed by atoms with Crippen LogP contribution >= 0.6 is 21.6 Å². The van der Waals surface area contributed by atoms with E-state index in [0.29, 0.717) is 54.6 Å². The monoisotopic (exact) mass is 1980 g/mol. The fourth-order valence-electron chi connectivity index (χ4n) is 14.1. The molecule has 3 saturated heterocycles. The van der Waals surface area contributed by atoms with Crippen LogP contribution in [0.4, 0.5) is 37.4 Å². The number of nitrogen functional groups attached to an aromatic ring is 1. The second kappa shape index (κ2) is 54.3. The SMILES string of the molecule is C=CCOC(=O)Nc1cc(OCCCCCOc2cc(NC(=O)OCCSSC[C@H](NC(=O)[C@H](CC(=O)O)NC(=O)[C@H](CC(=O)O)NC(=O)[C@H](CCCNC(=N)N)NC(=O)[C@H](CC(=O)O)NC(=O)CC[C@@H](C)NC(=O)c3ccc(NCc4cnc5nc(N)[nH]c(=O)c5n4)cc3)C(=O)O)c(C(=O)N3CC(=C)C[C@H]3/C=N/OC)cc2OC)c(OC)cc1C(=O)N1CC(=C)C[C@H]1C1OCCN1C(=O)OCC=C. The molecule has 3 aliphatic rings. The lowest BCUT2D eigenvalue weighted by molar-refractivity contribution is -0.144. The number of amides is 11. The molecule has 1 unspecified atom stereocenters. The Bertz CT molecular complexity index is 5460. The molecule has 52 heteroatoms. The first kappa shape index (κ1) is 109. The van der Waals surface area contributed by atoms with Crippen LogP contribution in [0.5, 0.6) is 23.0 Å². The summed E-state index contributed by atoms with van der Waals surface area (Å²) in [5.41, 5.74) is 12.8. The molecule has 3 aromatic carbocycles. The number of aromatic nitrogens is 4. The van der Waals surface area contributed by atoms with E-state index < -0.39 is 187 Å². The van der Waals surface area contributed by atoms with E-state index in [9.17, 15) is 97.1 Å². The van der Waals surface area contributed by atoms with Gasteiger partial charge in [0.05, 0.1) is 119 Å². The summed E-state index contributed by atoms with van der Waals surface area (Å²) in [6, 6.07) is -0.112. The van der Waals surface area contributed by atoms with E-state index in [0.717, 1.165) is 21.6 Å². The number of hydrogen-bond acceptors (Lipinski definition) is 34. The third-order valence-electron chi connectivity index (χ3n) is 20.7. The number of ether oxygens (including phenoxy) is 8. The molecular formula is C87H111N21O29S2. The number of nitrogens with zero attached hydrogens (tertiary/aromatic N) is 7. The van der Waals surface area contributed by atoms with Crippen LogP contribution < -0.4 is 89.1 Å². The highest BCUT2D eigenvalue weighted by atomic mass is 33.1. The third kappa shape index (κ3) is 33.8. The molecule has 139 heavy (non-hydrogen) atoms. The summed E-state index contributed by atoms with van der Waals surface area (Å²) in [7, 11) is 5.81. The number of aromatic amines is 1. The minimum absolute atomic E-state index is 0.00509. The Hall–Kier alpha value is -15.5. The van der Waals surface area contributed by atoms with Crippen LogP contribution in [0, 0.1) is 5.41 Å². The van der Waals surface area contributed by atoms with Crippen LogP contribution in [-0.4, -0.2) is 310 Å². The van der Waals surface area contributed by atoms with Gasteiger partial charge in [0.15, 0.2) is 46.3 Å². The molecule has 2 aromatic heterocycles. The maximum atomic E-state index is 14.7. The Labute approximate surface area is 802 Å². The molecule has 0 spiro atoms. The topological polar surface area (TPSA) is 710 Å². The van der Waals surface area contributed by atoms with Gasteiger partial charge in [0.1, 0.15) is 57.1 Å². The van der Waals surface area contributed by atoms with E-state index in [2.05, 4.69) is 99.3 Å². The number of guanidine groups is 1. The number of carboxylic acid groups (broad SMARTS) is 4. The van der Waals surface area contributed by atoms with E-state index in [1.807, 2.05) is 5.32 Å². The lowest BCUT2D eigenvalue weighted by atomic mass is 10.1. The second-order valence-electron chi connectivity index (χ2n) is 31.2. The van der Waals surface area contributed by atoms with Crippen molar-refractivity contribution in [2.45, 2.75) is 145 Å². The smallest absolute Gasteiger partial charge is 0.412 e. The van der Waals surface area contributed by atoms with Crippen molar-refractivity contribution >= 4 is 157 Å². The number of anilines is 4. The van der Waals surface area contributed by atoms with Gasteiger partial charge in [-0.05, 0) is 94.7 Å². The van der Waals surface area contributed by atoms with E-state index >= 15 is 0 Å². The van der Waals surface area contributed by atoms with E-state index in [4.69, 9.17) is 59.6 Å². The summed E-state index contributed by atoms with van der Waals surface area (Å²) in [4.78, 5) is 237. The molecule has 50 nitrogen and oxygen atoms in total. The molecule has 3 fully saturated rings. The van der Waals surface area contributed by atoms with Crippen molar-refractivity contribution in [2.75, 3.05) is 120 Å². The molecule has 3 aliphatic heterocycles. The molecule has 0 aliphatic carbocycles. The molecule has 5 aromatic rings. The fraction of sp³-hybridized carbons (Fsp3) is 0.437. The summed E-state index contributed by atoms with van der Waals surface area (Å²) in [5, 5.41) is 75.7. The normalized spacial score (nSPS) is 15.6. The zero-order chi connectivity index (χ0) is 102. The number of unbranched alkanes of at least 4 members (excludes halogenated alkanes) is 2. The van der Waals surface area contributed by atoms with Crippen LogP contribution in [0.25, 0.3) is 11.2 Å². The first-order valence-electron chi connectivity index (χ1n) is 43.1. The van der Waals surface area contributed by atoms with Gasteiger partial charge in [-0.15, -0.1) is 0 Å². The van der Waals surface area contributed by atoms with Crippen molar-refractivity contribution in [1.29, 1.82) is 5.41 Å². The van der Waals surface area contributed by atoms with Crippen molar-refractivity contribution in [3.8, 4) is 23.0 Å². The number of carbonyl (C=O) groups excluding carboxylic acids is 11. The van der Waals surface area contributed by atoms with Gasteiger partial charge in [0, 0.05) is 67.0 Å². The number of carboxylic acids is 4. The highest BCUT2D eigenvalue weighted by molar-refractivity contribution is 8.76. The Balaban J connectivity index is 0.841.